The predicted molar refractivity (Wildman–Crippen MR) is 66.8 cm³/mol. The Labute approximate surface area is 108 Å². The number of hydrogen-bond acceptors (Lipinski definition) is 4. The van der Waals surface area contributed by atoms with Crippen molar-refractivity contribution in [1.82, 2.24) is 0 Å². The van der Waals surface area contributed by atoms with Crippen molar-refractivity contribution >= 4 is 34.7 Å². The van der Waals surface area contributed by atoms with E-state index in [2.05, 4.69) is 5.32 Å². The Balaban J connectivity index is 2.87. The van der Waals surface area contributed by atoms with Gasteiger partial charge in [0.15, 0.2) is 5.78 Å². The number of amides is 1. The molecular weight excluding hydrogens is 260 g/mol. The lowest BCUT2D eigenvalue weighted by atomic mass is 10.2. The molecule has 0 aromatic heterocycles. The van der Waals surface area contributed by atoms with E-state index >= 15 is 0 Å². The summed E-state index contributed by atoms with van der Waals surface area (Å²) in [4.78, 5) is 32.6. The SMILES string of the molecule is Cc1ccc(NC(=O)CC(=O)CCl)c([N+](=O)[O-])c1. The molecule has 0 fully saturated rings. The van der Waals surface area contributed by atoms with Crippen LogP contribution in [-0.2, 0) is 9.59 Å². The molecule has 7 heteroatoms. The molecule has 0 bridgehead atoms. The summed E-state index contributed by atoms with van der Waals surface area (Å²) in [6, 6.07) is 4.40. The van der Waals surface area contributed by atoms with Gasteiger partial charge in [-0.3, -0.25) is 19.7 Å². The predicted octanol–water partition coefficient (Wildman–Crippen LogP) is 2.04. The van der Waals surface area contributed by atoms with Gasteiger partial charge in [-0.2, -0.15) is 0 Å². The van der Waals surface area contributed by atoms with E-state index in [9.17, 15) is 19.7 Å². The van der Waals surface area contributed by atoms with E-state index in [1.54, 1.807) is 13.0 Å². The average Bonchev–Trinajstić information content (AvgIpc) is 2.30. The first-order valence-corrected chi connectivity index (χ1v) is 5.60. The third-order valence-corrected chi connectivity index (χ3v) is 2.43. The third-order valence-electron chi connectivity index (χ3n) is 2.13. The maximum atomic E-state index is 11.4. The maximum absolute atomic E-state index is 11.4. The summed E-state index contributed by atoms with van der Waals surface area (Å²) in [5.74, 6) is -1.32. The zero-order valence-electron chi connectivity index (χ0n) is 9.60. The van der Waals surface area contributed by atoms with Crippen LogP contribution in [0.25, 0.3) is 0 Å². The normalized spacial score (nSPS) is 9.89. The van der Waals surface area contributed by atoms with Crippen molar-refractivity contribution in [1.29, 1.82) is 0 Å². The Morgan fingerprint density at radius 2 is 2.11 bits per heavy atom. The Morgan fingerprint density at radius 3 is 2.67 bits per heavy atom. The fraction of sp³-hybridized carbons (Fsp3) is 0.273. The van der Waals surface area contributed by atoms with Gasteiger partial charge < -0.3 is 5.32 Å². The van der Waals surface area contributed by atoms with Crippen LogP contribution in [-0.4, -0.2) is 22.5 Å². The highest BCUT2D eigenvalue weighted by Crippen LogP contribution is 2.25. The fourth-order valence-corrected chi connectivity index (χ4v) is 1.41. The minimum Gasteiger partial charge on any atom is -0.320 e. The number of hydrogen-bond donors (Lipinski definition) is 1. The van der Waals surface area contributed by atoms with Crippen molar-refractivity contribution in [2.45, 2.75) is 13.3 Å². The number of nitro groups is 1. The number of nitrogens with one attached hydrogen (secondary N) is 1. The Hall–Kier alpha value is -1.95. The van der Waals surface area contributed by atoms with Crippen LogP contribution in [0.5, 0.6) is 0 Å². The van der Waals surface area contributed by atoms with E-state index in [-0.39, 0.29) is 17.3 Å². The van der Waals surface area contributed by atoms with Crippen molar-refractivity contribution in [3.63, 3.8) is 0 Å². The fourth-order valence-electron chi connectivity index (χ4n) is 1.32. The highest BCUT2D eigenvalue weighted by molar-refractivity contribution is 6.29. The van der Waals surface area contributed by atoms with Crippen LogP contribution in [0.2, 0.25) is 0 Å². The number of nitrogens with zero attached hydrogens (tertiary/aromatic N) is 1. The van der Waals surface area contributed by atoms with Gasteiger partial charge in [-0.1, -0.05) is 6.07 Å². The van der Waals surface area contributed by atoms with E-state index in [0.717, 1.165) is 0 Å². The first kappa shape index (κ1) is 14.1. The lowest BCUT2D eigenvalue weighted by Gasteiger charge is -2.05. The highest BCUT2D eigenvalue weighted by atomic mass is 35.5. The molecule has 1 aromatic rings. The first-order valence-electron chi connectivity index (χ1n) is 5.06. The number of aryl methyl sites for hydroxylation is 1. The topological polar surface area (TPSA) is 89.3 Å². The Morgan fingerprint density at radius 1 is 1.44 bits per heavy atom. The van der Waals surface area contributed by atoms with E-state index in [4.69, 9.17) is 11.6 Å². The molecule has 18 heavy (non-hydrogen) atoms. The molecule has 96 valence electrons. The number of anilines is 1. The van der Waals surface area contributed by atoms with Gasteiger partial charge in [0.25, 0.3) is 5.69 Å². The van der Waals surface area contributed by atoms with Crippen molar-refractivity contribution in [3.05, 3.63) is 33.9 Å². The molecule has 0 radical (unpaired) electrons. The molecule has 0 saturated heterocycles. The van der Waals surface area contributed by atoms with Crippen LogP contribution in [0.3, 0.4) is 0 Å². The molecule has 0 aliphatic heterocycles. The van der Waals surface area contributed by atoms with Crippen LogP contribution in [0.15, 0.2) is 18.2 Å². The molecule has 0 saturated carbocycles. The van der Waals surface area contributed by atoms with Gasteiger partial charge in [0.2, 0.25) is 5.91 Å². The van der Waals surface area contributed by atoms with E-state index in [0.29, 0.717) is 5.56 Å². The molecule has 0 heterocycles. The van der Waals surface area contributed by atoms with Crippen LogP contribution in [0, 0.1) is 17.0 Å². The number of nitro benzene ring substituents is 1. The number of carbonyl (C=O) groups is 2. The van der Waals surface area contributed by atoms with E-state index in [1.807, 2.05) is 0 Å². The largest absolute Gasteiger partial charge is 0.320 e. The summed E-state index contributed by atoms with van der Waals surface area (Å²) >= 11 is 5.26. The van der Waals surface area contributed by atoms with Crippen molar-refractivity contribution in [3.8, 4) is 0 Å². The van der Waals surface area contributed by atoms with Crippen LogP contribution < -0.4 is 5.32 Å². The zero-order chi connectivity index (χ0) is 13.7. The summed E-state index contributed by atoms with van der Waals surface area (Å²) in [6.07, 6.45) is -0.394. The lowest BCUT2D eigenvalue weighted by Crippen LogP contribution is -2.17. The van der Waals surface area contributed by atoms with Crippen molar-refractivity contribution in [2.24, 2.45) is 0 Å². The monoisotopic (exact) mass is 270 g/mol. The number of carbonyl (C=O) groups excluding carboxylic acids is 2. The molecule has 1 N–H and O–H groups in total. The maximum Gasteiger partial charge on any atom is 0.293 e. The van der Waals surface area contributed by atoms with Crippen LogP contribution in [0.1, 0.15) is 12.0 Å². The van der Waals surface area contributed by atoms with Crippen LogP contribution in [0.4, 0.5) is 11.4 Å². The van der Waals surface area contributed by atoms with Gasteiger partial charge in [-0.25, -0.2) is 0 Å². The molecule has 1 aromatic carbocycles. The Bertz CT molecular complexity index is 502. The van der Waals surface area contributed by atoms with Gasteiger partial charge in [0, 0.05) is 6.07 Å². The molecule has 0 atom stereocenters. The molecule has 0 spiro atoms. The second kappa shape index (κ2) is 6.11. The van der Waals surface area contributed by atoms with Gasteiger partial charge in [-0.05, 0) is 18.6 Å². The van der Waals surface area contributed by atoms with Gasteiger partial charge in [-0.15, -0.1) is 11.6 Å². The molecule has 6 nitrogen and oxygen atoms in total. The van der Waals surface area contributed by atoms with Crippen LogP contribution >= 0.6 is 11.6 Å². The lowest BCUT2D eigenvalue weighted by molar-refractivity contribution is -0.384. The number of ketones is 1. The average molecular weight is 271 g/mol. The van der Waals surface area contributed by atoms with Crippen molar-refractivity contribution < 1.29 is 14.5 Å². The molecule has 0 aliphatic carbocycles. The molecule has 0 unspecified atom stereocenters. The minimum absolute atomic E-state index is 0.0676. The highest BCUT2D eigenvalue weighted by Gasteiger charge is 2.17. The molecule has 1 amide bonds. The molecular formula is C11H11ClN2O4. The number of rotatable bonds is 5. The second-order valence-electron chi connectivity index (χ2n) is 3.67. The zero-order valence-corrected chi connectivity index (χ0v) is 10.4. The first-order chi connectivity index (χ1) is 8.43. The van der Waals surface area contributed by atoms with Gasteiger partial charge in [0.05, 0.1) is 17.2 Å². The second-order valence-corrected chi connectivity index (χ2v) is 3.94. The smallest absolute Gasteiger partial charge is 0.293 e. The van der Waals surface area contributed by atoms with Crippen molar-refractivity contribution in [2.75, 3.05) is 11.2 Å². The number of halogens is 1. The summed E-state index contributed by atoms with van der Waals surface area (Å²) in [6.45, 7) is 1.70. The van der Waals surface area contributed by atoms with Gasteiger partial charge in [0.1, 0.15) is 5.69 Å². The third kappa shape index (κ3) is 3.81. The van der Waals surface area contributed by atoms with Gasteiger partial charge >= 0.3 is 0 Å². The van der Waals surface area contributed by atoms with E-state index < -0.39 is 23.0 Å². The molecule has 0 aliphatic rings. The number of Topliss-reactive ketones (excluding diaryl/α,β-unsaturated/α-hetero) is 1. The quantitative estimate of drug-likeness (QED) is 0.384. The minimum atomic E-state index is -0.618. The summed E-state index contributed by atoms with van der Waals surface area (Å²) in [7, 11) is 0. The van der Waals surface area contributed by atoms with E-state index in [1.165, 1.54) is 12.1 Å². The summed E-state index contributed by atoms with van der Waals surface area (Å²) in [5.41, 5.74) is 0.566. The Kier molecular flexibility index (Phi) is 4.79. The number of benzene rings is 1. The summed E-state index contributed by atoms with van der Waals surface area (Å²) in [5, 5.41) is 13.1. The standard InChI is InChI=1S/C11H11ClN2O4/c1-7-2-3-9(10(4-7)14(17)18)13-11(16)5-8(15)6-12/h2-4H,5-6H2,1H3,(H,13,16). The molecule has 1 rings (SSSR count). The summed E-state index contributed by atoms with van der Waals surface area (Å²) < 4.78 is 0. The number of alkyl halides is 1.